The Morgan fingerprint density at radius 3 is 2.89 bits per heavy atom. The number of ether oxygens (including phenoxy) is 1. The van der Waals surface area contributed by atoms with Crippen LogP contribution >= 0.6 is 27.3 Å². The molecule has 1 heterocycles. The van der Waals surface area contributed by atoms with Gasteiger partial charge in [-0.05, 0) is 41.4 Å². The molecule has 0 spiro atoms. The van der Waals surface area contributed by atoms with Gasteiger partial charge in [0.25, 0.3) is 0 Å². The van der Waals surface area contributed by atoms with Crippen LogP contribution in [0.3, 0.4) is 0 Å². The van der Waals surface area contributed by atoms with E-state index in [4.69, 9.17) is 10.5 Å². The largest absolute Gasteiger partial charge is 0.490 e. The Labute approximate surface area is 124 Å². The zero-order valence-electron chi connectivity index (χ0n) is 10.5. The fourth-order valence-electron chi connectivity index (χ4n) is 1.74. The molecule has 0 fully saturated rings. The minimum absolute atomic E-state index is 0.0569. The molecule has 0 aliphatic rings. The second kappa shape index (κ2) is 6.21. The van der Waals surface area contributed by atoms with Crippen molar-refractivity contribution in [1.29, 1.82) is 0 Å². The monoisotopic (exact) mass is 339 g/mol. The van der Waals surface area contributed by atoms with Gasteiger partial charge in [-0.25, -0.2) is 0 Å². The standard InChI is InChI=1S/C14H14BrNO2S/c1-9(17)12-6-11(15)7-13(16)14(12)18-4-2-10-3-5-19-8-10/h3,5-8H,2,4,16H2,1H3. The van der Waals surface area contributed by atoms with Crippen LogP contribution in [0.1, 0.15) is 22.8 Å². The Morgan fingerprint density at radius 2 is 2.26 bits per heavy atom. The number of halogens is 1. The predicted molar refractivity (Wildman–Crippen MR) is 82.1 cm³/mol. The molecule has 2 aromatic rings. The highest BCUT2D eigenvalue weighted by Crippen LogP contribution is 2.31. The molecule has 19 heavy (non-hydrogen) atoms. The van der Waals surface area contributed by atoms with Crippen molar-refractivity contribution in [2.45, 2.75) is 13.3 Å². The number of anilines is 1. The van der Waals surface area contributed by atoms with Gasteiger partial charge in [0, 0.05) is 10.9 Å². The molecule has 5 heteroatoms. The number of hydrogen-bond acceptors (Lipinski definition) is 4. The van der Waals surface area contributed by atoms with Crippen molar-refractivity contribution >= 4 is 38.7 Å². The van der Waals surface area contributed by atoms with Gasteiger partial charge < -0.3 is 10.5 Å². The number of ketones is 1. The van der Waals surface area contributed by atoms with Gasteiger partial charge in [0.15, 0.2) is 11.5 Å². The second-order valence-electron chi connectivity index (χ2n) is 4.16. The molecule has 3 nitrogen and oxygen atoms in total. The maximum Gasteiger partial charge on any atom is 0.163 e. The van der Waals surface area contributed by atoms with Gasteiger partial charge in [0.1, 0.15) is 0 Å². The Morgan fingerprint density at radius 1 is 1.47 bits per heavy atom. The third kappa shape index (κ3) is 3.58. The maximum atomic E-state index is 11.6. The SMILES string of the molecule is CC(=O)c1cc(Br)cc(N)c1OCCc1ccsc1. The van der Waals surface area contributed by atoms with E-state index in [2.05, 4.69) is 27.4 Å². The molecule has 2 N–H and O–H groups in total. The molecule has 0 saturated carbocycles. The van der Waals surface area contributed by atoms with Crippen LogP contribution in [0.4, 0.5) is 5.69 Å². The number of thiophene rings is 1. The molecular formula is C14H14BrNO2S. The number of carbonyl (C=O) groups is 1. The molecule has 0 aliphatic heterocycles. The van der Waals surface area contributed by atoms with Crippen molar-refractivity contribution in [1.82, 2.24) is 0 Å². The molecule has 0 unspecified atom stereocenters. The summed E-state index contributed by atoms with van der Waals surface area (Å²) in [5.41, 5.74) is 8.13. The molecule has 0 saturated heterocycles. The minimum atomic E-state index is -0.0569. The van der Waals surface area contributed by atoms with Crippen LogP contribution in [0.25, 0.3) is 0 Å². The lowest BCUT2D eigenvalue weighted by Gasteiger charge is -2.12. The lowest BCUT2D eigenvalue weighted by Crippen LogP contribution is -2.07. The smallest absolute Gasteiger partial charge is 0.163 e. The van der Waals surface area contributed by atoms with E-state index in [9.17, 15) is 4.79 Å². The van der Waals surface area contributed by atoms with Gasteiger partial charge in [-0.2, -0.15) is 11.3 Å². The third-order valence-corrected chi connectivity index (χ3v) is 3.87. The zero-order chi connectivity index (χ0) is 13.8. The van der Waals surface area contributed by atoms with E-state index in [0.29, 0.717) is 23.6 Å². The molecular weight excluding hydrogens is 326 g/mol. The highest BCUT2D eigenvalue weighted by atomic mass is 79.9. The summed E-state index contributed by atoms with van der Waals surface area (Å²) in [5, 5.41) is 4.12. The molecule has 100 valence electrons. The minimum Gasteiger partial charge on any atom is -0.490 e. The van der Waals surface area contributed by atoms with Crippen LogP contribution in [-0.2, 0) is 6.42 Å². The van der Waals surface area contributed by atoms with E-state index < -0.39 is 0 Å². The Balaban J connectivity index is 2.12. The van der Waals surface area contributed by atoms with Crippen molar-refractivity contribution in [3.05, 3.63) is 44.6 Å². The molecule has 1 aromatic carbocycles. The first kappa shape index (κ1) is 14.1. The number of benzene rings is 1. The van der Waals surface area contributed by atoms with E-state index >= 15 is 0 Å². The van der Waals surface area contributed by atoms with Crippen molar-refractivity contribution in [2.24, 2.45) is 0 Å². The quantitative estimate of drug-likeness (QED) is 0.663. The lowest BCUT2D eigenvalue weighted by atomic mass is 10.1. The summed E-state index contributed by atoms with van der Waals surface area (Å²) in [6.07, 6.45) is 0.802. The van der Waals surface area contributed by atoms with Crippen LogP contribution in [0.15, 0.2) is 33.4 Å². The first-order valence-electron chi connectivity index (χ1n) is 5.81. The van der Waals surface area contributed by atoms with E-state index in [-0.39, 0.29) is 5.78 Å². The summed E-state index contributed by atoms with van der Waals surface area (Å²) in [7, 11) is 0. The lowest BCUT2D eigenvalue weighted by molar-refractivity contribution is 0.101. The van der Waals surface area contributed by atoms with Crippen molar-refractivity contribution < 1.29 is 9.53 Å². The van der Waals surface area contributed by atoms with Crippen molar-refractivity contribution in [3.63, 3.8) is 0 Å². The molecule has 1 aromatic heterocycles. The number of nitrogens with two attached hydrogens (primary N) is 1. The average Bonchev–Trinajstić information content (AvgIpc) is 2.84. The Bertz CT molecular complexity index is 581. The first-order valence-corrected chi connectivity index (χ1v) is 7.55. The van der Waals surface area contributed by atoms with Gasteiger partial charge in [-0.1, -0.05) is 15.9 Å². The summed E-state index contributed by atoms with van der Waals surface area (Å²) in [6.45, 7) is 2.01. The number of carbonyl (C=O) groups excluding carboxylic acids is 1. The van der Waals surface area contributed by atoms with Gasteiger partial charge in [-0.15, -0.1) is 0 Å². The van der Waals surface area contributed by atoms with Gasteiger partial charge in [-0.3, -0.25) is 4.79 Å². The van der Waals surface area contributed by atoms with E-state index in [1.54, 1.807) is 23.5 Å². The highest BCUT2D eigenvalue weighted by molar-refractivity contribution is 9.10. The van der Waals surface area contributed by atoms with Gasteiger partial charge in [0.2, 0.25) is 0 Å². The summed E-state index contributed by atoms with van der Waals surface area (Å²) in [4.78, 5) is 11.6. The molecule has 0 bridgehead atoms. The summed E-state index contributed by atoms with van der Waals surface area (Å²) in [5.74, 6) is 0.421. The summed E-state index contributed by atoms with van der Waals surface area (Å²) >= 11 is 4.99. The number of hydrogen-bond donors (Lipinski definition) is 1. The van der Waals surface area contributed by atoms with E-state index in [1.165, 1.54) is 12.5 Å². The fraction of sp³-hybridized carbons (Fsp3) is 0.214. The predicted octanol–water partition coefficient (Wildman–Crippen LogP) is 3.92. The topological polar surface area (TPSA) is 52.3 Å². The van der Waals surface area contributed by atoms with Gasteiger partial charge >= 0.3 is 0 Å². The van der Waals surface area contributed by atoms with E-state index in [1.807, 2.05) is 5.38 Å². The van der Waals surface area contributed by atoms with Crippen LogP contribution in [-0.4, -0.2) is 12.4 Å². The van der Waals surface area contributed by atoms with Crippen LogP contribution in [0.5, 0.6) is 5.75 Å². The van der Waals surface area contributed by atoms with Crippen molar-refractivity contribution in [3.8, 4) is 5.75 Å². The summed E-state index contributed by atoms with van der Waals surface area (Å²) < 4.78 is 6.47. The van der Waals surface area contributed by atoms with Crippen LogP contribution in [0, 0.1) is 0 Å². The Hall–Kier alpha value is -1.33. The Kier molecular flexibility index (Phi) is 4.61. The molecule has 0 atom stereocenters. The van der Waals surface area contributed by atoms with Crippen molar-refractivity contribution in [2.75, 3.05) is 12.3 Å². The average molecular weight is 340 g/mol. The first-order chi connectivity index (χ1) is 9.08. The van der Waals surface area contributed by atoms with E-state index in [0.717, 1.165) is 10.9 Å². The fourth-order valence-corrected chi connectivity index (χ4v) is 2.92. The second-order valence-corrected chi connectivity index (χ2v) is 5.85. The number of rotatable bonds is 5. The maximum absolute atomic E-state index is 11.6. The molecule has 2 rings (SSSR count). The molecule has 0 radical (unpaired) electrons. The summed E-state index contributed by atoms with van der Waals surface area (Å²) in [6, 6.07) is 5.54. The highest BCUT2D eigenvalue weighted by Gasteiger charge is 2.13. The third-order valence-electron chi connectivity index (χ3n) is 2.68. The normalized spacial score (nSPS) is 10.4. The number of Topliss-reactive ketones (excluding diaryl/α,β-unsaturated/α-hetero) is 1. The van der Waals surface area contributed by atoms with Crippen LogP contribution < -0.4 is 10.5 Å². The number of nitrogen functional groups attached to an aromatic ring is 1. The zero-order valence-corrected chi connectivity index (χ0v) is 12.9. The molecule has 0 amide bonds. The molecule has 0 aliphatic carbocycles. The van der Waals surface area contributed by atoms with Gasteiger partial charge in [0.05, 0.1) is 17.9 Å². The van der Waals surface area contributed by atoms with Crippen LogP contribution in [0.2, 0.25) is 0 Å².